The van der Waals surface area contributed by atoms with Crippen molar-refractivity contribution in [2.75, 3.05) is 26.2 Å². The zero-order valence-corrected chi connectivity index (χ0v) is 15.0. The minimum atomic E-state index is 0.740. The molecular weight excluding hydrogens is 328 g/mol. The van der Waals surface area contributed by atoms with E-state index in [0.29, 0.717) is 0 Å². The van der Waals surface area contributed by atoms with Crippen molar-refractivity contribution in [1.29, 1.82) is 5.26 Å². The number of nitrogens with one attached hydrogen (secondary N) is 2. The molecule has 0 radical (unpaired) electrons. The number of hydrogen-bond acceptors (Lipinski definition) is 3. The molecule has 1 fully saturated rings. The molecule has 2 aromatic carbocycles. The van der Waals surface area contributed by atoms with Crippen LogP contribution in [0.25, 0.3) is 10.2 Å². The summed E-state index contributed by atoms with van der Waals surface area (Å²) in [7, 11) is 0. The summed E-state index contributed by atoms with van der Waals surface area (Å²) in [5, 5.41) is 10.1. The van der Waals surface area contributed by atoms with Gasteiger partial charge in [-0.1, -0.05) is 24.3 Å². The summed E-state index contributed by atoms with van der Waals surface area (Å²) in [5.41, 5.74) is 3.19. The Morgan fingerprint density at radius 1 is 0.920 bits per heavy atom. The Bertz CT molecular complexity index is 853. The van der Waals surface area contributed by atoms with Gasteiger partial charge in [-0.25, -0.2) is 4.98 Å². The highest BCUT2D eigenvalue weighted by atomic mass is 32.1. The molecule has 1 saturated heterocycles. The fraction of sp³-hybridized carbons (Fsp3) is 0.300. The Kier molecular flexibility index (Phi) is 4.75. The normalized spacial score (nSPS) is 20.4. The summed E-state index contributed by atoms with van der Waals surface area (Å²) in [4.78, 5) is 8.05. The van der Waals surface area contributed by atoms with Gasteiger partial charge in [0.25, 0.3) is 0 Å². The number of nitrogens with zero attached hydrogens (tertiary/aromatic N) is 2. The molecule has 3 aromatic rings. The van der Waals surface area contributed by atoms with Crippen molar-refractivity contribution in [1.82, 2.24) is 4.98 Å². The Morgan fingerprint density at radius 2 is 1.60 bits per heavy atom. The first-order chi connectivity index (χ1) is 12.3. The molecule has 0 spiro atoms. The van der Waals surface area contributed by atoms with E-state index in [1.165, 1.54) is 41.5 Å². The second kappa shape index (κ2) is 7.32. The quantitative estimate of drug-likeness (QED) is 0.726. The highest BCUT2D eigenvalue weighted by Crippen LogP contribution is 2.20. The van der Waals surface area contributed by atoms with E-state index in [9.17, 15) is 0 Å². The number of benzene rings is 2. The van der Waals surface area contributed by atoms with E-state index >= 15 is 0 Å². The molecule has 2 N–H and O–H groups in total. The van der Waals surface area contributed by atoms with Crippen LogP contribution in [0.1, 0.15) is 16.1 Å². The highest BCUT2D eigenvalue weighted by Gasteiger charge is 2.24. The van der Waals surface area contributed by atoms with Crippen molar-refractivity contribution in [3.8, 4) is 6.07 Å². The molecule has 0 aliphatic carbocycles. The lowest BCUT2D eigenvalue weighted by atomic mass is 10.1. The molecule has 1 aliphatic rings. The Labute approximate surface area is 151 Å². The first-order valence-electron chi connectivity index (χ1n) is 8.81. The van der Waals surface area contributed by atoms with Gasteiger partial charge in [0.2, 0.25) is 0 Å². The van der Waals surface area contributed by atoms with Crippen molar-refractivity contribution in [2.45, 2.75) is 13.1 Å². The second-order valence-electron chi connectivity index (χ2n) is 6.74. The average molecular weight is 350 g/mol. The molecule has 25 heavy (non-hydrogen) atoms. The van der Waals surface area contributed by atoms with E-state index in [-0.39, 0.29) is 0 Å². The Balaban J connectivity index is 1.31. The molecule has 1 aliphatic heterocycles. The maximum Gasteiger partial charge on any atom is 0.148 e. The second-order valence-corrected chi connectivity index (χ2v) is 7.85. The minimum Gasteiger partial charge on any atom is -0.322 e. The summed E-state index contributed by atoms with van der Waals surface area (Å²) in [5.74, 6) is 0. The summed E-state index contributed by atoms with van der Waals surface area (Å²) in [6.45, 7) is 6.88. The number of nitriles is 1. The maximum absolute atomic E-state index is 8.88. The highest BCUT2D eigenvalue weighted by molar-refractivity contribution is 7.18. The van der Waals surface area contributed by atoms with Gasteiger partial charge in [0.15, 0.2) is 0 Å². The fourth-order valence-electron chi connectivity index (χ4n) is 3.51. The number of aromatic nitrogens is 1. The van der Waals surface area contributed by atoms with Crippen LogP contribution in [0.5, 0.6) is 0 Å². The minimum absolute atomic E-state index is 0.740. The zero-order valence-electron chi connectivity index (χ0n) is 14.2. The smallest absolute Gasteiger partial charge is 0.148 e. The van der Waals surface area contributed by atoms with Crippen LogP contribution in [-0.4, -0.2) is 31.2 Å². The van der Waals surface area contributed by atoms with Gasteiger partial charge >= 0.3 is 0 Å². The monoisotopic (exact) mass is 350 g/mol. The summed E-state index contributed by atoms with van der Waals surface area (Å²) in [6.07, 6.45) is 0. The van der Waals surface area contributed by atoms with Crippen LogP contribution in [0.4, 0.5) is 0 Å². The number of rotatable bonds is 4. The van der Waals surface area contributed by atoms with Crippen LogP contribution in [-0.2, 0) is 13.1 Å². The molecular formula is C20H22N4S+2. The molecule has 5 heteroatoms. The zero-order chi connectivity index (χ0) is 17.1. The molecule has 1 aromatic heterocycles. The largest absolute Gasteiger partial charge is 0.322 e. The number of fused-ring (bicyclic) bond motifs is 1. The molecule has 0 atom stereocenters. The van der Waals surface area contributed by atoms with Crippen molar-refractivity contribution in [3.05, 3.63) is 64.7 Å². The average Bonchev–Trinajstić information content (AvgIpc) is 3.06. The van der Waals surface area contributed by atoms with Gasteiger partial charge in [-0.3, -0.25) is 0 Å². The van der Waals surface area contributed by atoms with Crippen LogP contribution in [0.15, 0.2) is 48.5 Å². The maximum atomic E-state index is 8.88. The Morgan fingerprint density at radius 3 is 2.28 bits per heavy atom. The van der Waals surface area contributed by atoms with Gasteiger partial charge < -0.3 is 9.80 Å². The third kappa shape index (κ3) is 3.88. The van der Waals surface area contributed by atoms with Crippen molar-refractivity contribution in [2.24, 2.45) is 0 Å². The van der Waals surface area contributed by atoms with E-state index in [4.69, 9.17) is 10.2 Å². The number of hydrogen-bond donors (Lipinski definition) is 2. The summed E-state index contributed by atoms with van der Waals surface area (Å²) >= 11 is 1.83. The van der Waals surface area contributed by atoms with E-state index in [2.05, 4.69) is 42.5 Å². The van der Waals surface area contributed by atoms with E-state index in [1.807, 2.05) is 23.5 Å². The molecule has 2 heterocycles. The standard InChI is InChI=1S/C20H20N4S/c21-13-16-5-7-17(8-6-16)14-23-9-11-24(12-10-23)15-20-22-18-3-1-2-4-19(18)25-20/h1-8H,9-12,14-15H2/p+2. The molecule has 0 saturated carbocycles. The number of piperazine rings is 1. The van der Waals surface area contributed by atoms with Gasteiger partial charge in [-0.05, 0) is 24.3 Å². The lowest BCUT2D eigenvalue weighted by Gasteiger charge is -2.29. The number of para-hydroxylation sites is 1. The summed E-state index contributed by atoms with van der Waals surface area (Å²) < 4.78 is 1.29. The van der Waals surface area contributed by atoms with Crippen LogP contribution in [0.3, 0.4) is 0 Å². The van der Waals surface area contributed by atoms with Gasteiger partial charge in [-0.15, -0.1) is 11.3 Å². The first kappa shape index (κ1) is 16.2. The van der Waals surface area contributed by atoms with E-state index in [1.54, 1.807) is 9.80 Å². The van der Waals surface area contributed by atoms with Gasteiger partial charge in [0, 0.05) is 5.56 Å². The van der Waals surface area contributed by atoms with Gasteiger partial charge in [-0.2, -0.15) is 5.26 Å². The van der Waals surface area contributed by atoms with Gasteiger partial charge in [0.1, 0.15) is 44.3 Å². The SMILES string of the molecule is N#Cc1ccc(C[NH+]2CC[NH+](Cc3nc4ccccc4s3)CC2)cc1. The molecule has 0 bridgehead atoms. The van der Waals surface area contributed by atoms with Crippen molar-refractivity contribution in [3.63, 3.8) is 0 Å². The van der Waals surface area contributed by atoms with Crippen LogP contribution in [0.2, 0.25) is 0 Å². The molecule has 4 nitrogen and oxygen atoms in total. The lowest BCUT2D eigenvalue weighted by Crippen LogP contribution is -3.27. The number of thiazole rings is 1. The summed E-state index contributed by atoms with van der Waals surface area (Å²) in [6, 6.07) is 18.6. The lowest BCUT2D eigenvalue weighted by molar-refractivity contribution is -1.02. The molecule has 0 unspecified atom stereocenters. The number of quaternary nitrogens is 2. The van der Waals surface area contributed by atoms with E-state index in [0.717, 1.165) is 24.2 Å². The predicted molar refractivity (Wildman–Crippen MR) is 99.6 cm³/mol. The molecule has 4 rings (SSSR count). The predicted octanol–water partition coefficient (Wildman–Crippen LogP) is 0.652. The third-order valence-corrected chi connectivity index (χ3v) is 5.98. The fourth-order valence-corrected chi connectivity index (χ4v) is 4.54. The third-order valence-electron chi connectivity index (χ3n) is 4.94. The van der Waals surface area contributed by atoms with Crippen LogP contribution >= 0.6 is 11.3 Å². The van der Waals surface area contributed by atoms with Crippen LogP contribution < -0.4 is 9.80 Å². The van der Waals surface area contributed by atoms with Crippen molar-refractivity contribution >= 4 is 21.6 Å². The molecule has 0 amide bonds. The Hall–Kier alpha value is -2.26. The first-order valence-corrected chi connectivity index (χ1v) is 9.62. The van der Waals surface area contributed by atoms with Crippen molar-refractivity contribution < 1.29 is 9.80 Å². The van der Waals surface area contributed by atoms with E-state index < -0.39 is 0 Å². The topological polar surface area (TPSA) is 45.6 Å². The van der Waals surface area contributed by atoms with Gasteiger partial charge in [0.05, 0.1) is 21.8 Å². The molecule has 126 valence electrons. The van der Waals surface area contributed by atoms with Crippen LogP contribution in [0, 0.1) is 11.3 Å².